The average Bonchev–Trinajstić information content (AvgIpc) is 2.86. The first kappa shape index (κ1) is 13.0. The van der Waals surface area contributed by atoms with Crippen molar-refractivity contribution >= 4 is 0 Å². The van der Waals surface area contributed by atoms with Crippen molar-refractivity contribution in [3.8, 4) is 17.0 Å². The SMILES string of the molecule is [C]#CC(CCCC)c1ccc2c(c1)Cc1ccccc1-2. The van der Waals surface area contributed by atoms with Gasteiger partial charge in [-0.1, -0.05) is 68.2 Å². The Balaban J connectivity index is 1.92. The van der Waals surface area contributed by atoms with Gasteiger partial charge in [-0.25, -0.2) is 0 Å². The van der Waals surface area contributed by atoms with Crippen LogP contribution in [0.2, 0.25) is 0 Å². The average molecular weight is 259 g/mol. The second-order valence-corrected chi connectivity index (χ2v) is 5.59. The Morgan fingerprint density at radius 2 is 1.90 bits per heavy atom. The van der Waals surface area contributed by atoms with E-state index in [2.05, 4.69) is 55.3 Å². The maximum absolute atomic E-state index is 7.55. The Labute approximate surface area is 121 Å². The van der Waals surface area contributed by atoms with Gasteiger partial charge < -0.3 is 0 Å². The predicted octanol–water partition coefficient (Wildman–Crippen LogP) is 5.12. The van der Waals surface area contributed by atoms with Gasteiger partial charge in [-0.15, -0.1) is 0 Å². The van der Waals surface area contributed by atoms with E-state index < -0.39 is 0 Å². The highest BCUT2D eigenvalue weighted by molar-refractivity contribution is 5.77. The van der Waals surface area contributed by atoms with Gasteiger partial charge in [0, 0.05) is 5.92 Å². The van der Waals surface area contributed by atoms with E-state index in [4.69, 9.17) is 6.42 Å². The number of hydrogen-bond donors (Lipinski definition) is 0. The van der Waals surface area contributed by atoms with Crippen LogP contribution in [-0.4, -0.2) is 0 Å². The van der Waals surface area contributed by atoms with Crippen LogP contribution in [0.25, 0.3) is 11.1 Å². The molecule has 0 heteroatoms. The molecule has 1 aliphatic carbocycles. The molecule has 1 radical (unpaired) electrons. The summed E-state index contributed by atoms with van der Waals surface area (Å²) in [5, 5.41) is 0. The second kappa shape index (κ2) is 5.55. The second-order valence-electron chi connectivity index (χ2n) is 5.59. The molecule has 2 aromatic rings. The van der Waals surface area contributed by atoms with Crippen LogP contribution in [0.4, 0.5) is 0 Å². The molecule has 1 unspecified atom stereocenters. The summed E-state index contributed by atoms with van der Waals surface area (Å²) in [4.78, 5) is 0. The van der Waals surface area contributed by atoms with Crippen molar-refractivity contribution < 1.29 is 0 Å². The Bertz CT molecular complexity index is 658. The highest BCUT2D eigenvalue weighted by Gasteiger charge is 2.19. The van der Waals surface area contributed by atoms with Crippen molar-refractivity contribution in [2.24, 2.45) is 0 Å². The molecule has 0 fully saturated rings. The molecular formula is C20H19. The third kappa shape index (κ3) is 2.25. The summed E-state index contributed by atoms with van der Waals surface area (Å²) in [7, 11) is 0. The molecule has 0 spiro atoms. The van der Waals surface area contributed by atoms with Crippen LogP contribution in [0.1, 0.15) is 48.8 Å². The predicted molar refractivity (Wildman–Crippen MR) is 84.1 cm³/mol. The zero-order valence-electron chi connectivity index (χ0n) is 11.9. The number of benzene rings is 2. The van der Waals surface area contributed by atoms with Crippen LogP contribution in [0, 0.1) is 12.3 Å². The lowest BCUT2D eigenvalue weighted by molar-refractivity contribution is 0.675. The molecular weight excluding hydrogens is 240 g/mol. The standard InChI is InChI=1S/C20H19/c1-3-5-8-15(4-2)16-11-12-20-18(13-16)14-17-9-6-7-10-19(17)20/h6-7,9-13,15H,3,5,8,14H2,1H3. The fourth-order valence-corrected chi connectivity index (χ4v) is 3.11. The minimum absolute atomic E-state index is 0.156. The molecule has 0 amide bonds. The van der Waals surface area contributed by atoms with E-state index in [0.29, 0.717) is 0 Å². The van der Waals surface area contributed by atoms with Gasteiger partial charge in [0.2, 0.25) is 0 Å². The highest BCUT2D eigenvalue weighted by atomic mass is 14.2. The lowest BCUT2D eigenvalue weighted by Crippen LogP contribution is -1.97. The van der Waals surface area contributed by atoms with E-state index >= 15 is 0 Å². The maximum atomic E-state index is 7.55. The molecule has 1 aliphatic rings. The van der Waals surface area contributed by atoms with E-state index in [9.17, 15) is 0 Å². The lowest BCUT2D eigenvalue weighted by Gasteiger charge is -2.12. The first-order valence-electron chi connectivity index (χ1n) is 7.47. The monoisotopic (exact) mass is 259 g/mol. The Morgan fingerprint density at radius 1 is 1.10 bits per heavy atom. The smallest absolute Gasteiger partial charge is 0.0462 e. The number of fused-ring (bicyclic) bond motifs is 3. The van der Waals surface area contributed by atoms with Crippen LogP contribution < -0.4 is 0 Å². The largest absolute Gasteiger partial charge is 0.0809 e. The zero-order valence-corrected chi connectivity index (χ0v) is 11.9. The fourth-order valence-electron chi connectivity index (χ4n) is 3.11. The molecule has 0 bridgehead atoms. The van der Waals surface area contributed by atoms with Crippen LogP contribution in [0.3, 0.4) is 0 Å². The topological polar surface area (TPSA) is 0 Å². The molecule has 99 valence electrons. The molecule has 0 saturated heterocycles. The molecule has 0 heterocycles. The maximum Gasteiger partial charge on any atom is 0.0462 e. The molecule has 3 rings (SSSR count). The van der Waals surface area contributed by atoms with E-state index in [1.165, 1.54) is 34.2 Å². The van der Waals surface area contributed by atoms with Gasteiger partial charge in [0.05, 0.1) is 0 Å². The van der Waals surface area contributed by atoms with E-state index in [-0.39, 0.29) is 5.92 Å². The van der Waals surface area contributed by atoms with E-state index in [1.807, 2.05) is 0 Å². The van der Waals surface area contributed by atoms with E-state index in [1.54, 1.807) is 0 Å². The van der Waals surface area contributed by atoms with Crippen molar-refractivity contribution in [1.82, 2.24) is 0 Å². The van der Waals surface area contributed by atoms with Gasteiger partial charge in [0.15, 0.2) is 0 Å². The third-order valence-corrected chi connectivity index (χ3v) is 4.24. The molecule has 20 heavy (non-hydrogen) atoms. The summed E-state index contributed by atoms with van der Waals surface area (Å²) in [6, 6.07) is 15.3. The number of hydrogen-bond acceptors (Lipinski definition) is 0. The molecule has 1 atom stereocenters. The molecule has 0 saturated carbocycles. The summed E-state index contributed by atoms with van der Waals surface area (Å²) in [5.74, 6) is 2.87. The van der Waals surface area contributed by atoms with Gasteiger partial charge in [-0.2, -0.15) is 0 Å². The van der Waals surface area contributed by atoms with Gasteiger partial charge >= 0.3 is 0 Å². The van der Waals surface area contributed by atoms with E-state index in [0.717, 1.165) is 19.3 Å². The Hall–Kier alpha value is -2.00. The normalized spacial score (nSPS) is 13.4. The summed E-state index contributed by atoms with van der Waals surface area (Å²) in [6.07, 6.45) is 11.9. The first-order valence-corrected chi connectivity index (χ1v) is 7.47. The molecule has 0 aromatic heterocycles. The third-order valence-electron chi connectivity index (χ3n) is 4.24. The first-order chi connectivity index (χ1) is 9.83. The van der Waals surface area contributed by atoms with Crippen molar-refractivity contribution in [3.05, 3.63) is 65.6 Å². The summed E-state index contributed by atoms with van der Waals surface area (Å²) >= 11 is 0. The van der Waals surface area contributed by atoms with Gasteiger partial charge in [0.25, 0.3) is 0 Å². The minimum atomic E-state index is 0.156. The van der Waals surface area contributed by atoms with Gasteiger partial charge in [0.1, 0.15) is 0 Å². The molecule has 0 N–H and O–H groups in total. The molecule has 0 aliphatic heterocycles. The summed E-state index contributed by atoms with van der Waals surface area (Å²) in [5.41, 5.74) is 6.81. The number of rotatable bonds is 4. The van der Waals surface area contributed by atoms with Gasteiger partial charge in [-0.3, -0.25) is 0 Å². The van der Waals surface area contributed by atoms with Crippen LogP contribution in [0.15, 0.2) is 42.5 Å². The molecule has 2 aromatic carbocycles. The van der Waals surface area contributed by atoms with Crippen molar-refractivity contribution in [2.75, 3.05) is 0 Å². The zero-order chi connectivity index (χ0) is 13.9. The fraction of sp³-hybridized carbons (Fsp3) is 0.300. The van der Waals surface area contributed by atoms with Gasteiger partial charge in [-0.05, 0) is 47.1 Å². The quantitative estimate of drug-likeness (QED) is 0.570. The number of unbranched alkanes of at least 4 members (excludes halogenated alkanes) is 1. The highest BCUT2D eigenvalue weighted by Crippen LogP contribution is 2.38. The Kier molecular flexibility index (Phi) is 3.61. The van der Waals surface area contributed by atoms with Crippen LogP contribution in [-0.2, 0) is 6.42 Å². The summed E-state index contributed by atoms with van der Waals surface area (Å²) in [6.45, 7) is 2.19. The van der Waals surface area contributed by atoms with Crippen LogP contribution >= 0.6 is 0 Å². The van der Waals surface area contributed by atoms with Crippen molar-refractivity contribution in [2.45, 2.75) is 38.5 Å². The summed E-state index contributed by atoms with van der Waals surface area (Å²) < 4.78 is 0. The van der Waals surface area contributed by atoms with Crippen molar-refractivity contribution in [1.29, 1.82) is 0 Å². The van der Waals surface area contributed by atoms with Crippen LogP contribution in [0.5, 0.6) is 0 Å². The minimum Gasteiger partial charge on any atom is -0.0809 e. The molecule has 0 nitrogen and oxygen atoms in total. The lowest BCUT2D eigenvalue weighted by atomic mass is 9.91. The Morgan fingerprint density at radius 3 is 2.70 bits per heavy atom. The van der Waals surface area contributed by atoms with Crippen molar-refractivity contribution in [3.63, 3.8) is 0 Å².